The Bertz CT molecular complexity index is 1060. The van der Waals surface area contributed by atoms with Gasteiger partial charge >= 0.3 is 0 Å². The Morgan fingerprint density at radius 1 is 0.576 bits per heavy atom. The zero-order chi connectivity index (χ0) is 23.8. The molecule has 174 valence electrons. The minimum absolute atomic E-state index is 0.521. The van der Waals surface area contributed by atoms with Crippen LogP contribution in [-0.2, 0) is 0 Å². The molecule has 0 aliphatic heterocycles. The maximum atomic E-state index is 5.51. The highest BCUT2D eigenvalue weighted by molar-refractivity contribution is 5.77. The SMILES string of the molecule is COc1ccc(/C=C/c2cc(/C=C/c3ccc(OC)c(OC)c3OC)on2)c(OC)c1OC. The van der Waals surface area contributed by atoms with Crippen LogP contribution >= 0.6 is 0 Å². The molecule has 8 nitrogen and oxygen atoms in total. The summed E-state index contributed by atoms with van der Waals surface area (Å²) in [7, 11) is 9.45. The molecule has 0 spiro atoms. The zero-order valence-corrected chi connectivity index (χ0v) is 19.5. The molecule has 3 aromatic rings. The standard InChI is InChI=1S/C25H27NO7/c1-27-20-13-9-16(22(29-3)24(20)31-5)7-11-18-15-19(33-26-18)12-8-17-10-14-21(28-2)25(32-6)23(17)30-4/h7-15H,1-6H3/b11-7+,12-8+. The first-order valence-corrected chi connectivity index (χ1v) is 10.0. The summed E-state index contributed by atoms with van der Waals surface area (Å²) in [6.07, 6.45) is 7.34. The lowest BCUT2D eigenvalue weighted by Crippen LogP contribution is -1.96. The van der Waals surface area contributed by atoms with E-state index in [-0.39, 0.29) is 0 Å². The molecular formula is C25H27NO7. The van der Waals surface area contributed by atoms with Crippen LogP contribution in [0.15, 0.2) is 34.9 Å². The zero-order valence-electron chi connectivity index (χ0n) is 19.5. The second-order valence-corrected chi connectivity index (χ2v) is 6.67. The number of rotatable bonds is 10. The first kappa shape index (κ1) is 23.6. The van der Waals surface area contributed by atoms with Gasteiger partial charge in [0.25, 0.3) is 0 Å². The molecule has 0 amide bonds. The highest BCUT2D eigenvalue weighted by Gasteiger charge is 2.15. The van der Waals surface area contributed by atoms with Gasteiger partial charge in [-0.15, -0.1) is 0 Å². The molecule has 1 heterocycles. The molecule has 0 unspecified atom stereocenters. The van der Waals surface area contributed by atoms with E-state index in [1.165, 1.54) is 0 Å². The van der Waals surface area contributed by atoms with Gasteiger partial charge in [0, 0.05) is 17.2 Å². The third-order valence-electron chi connectivity index (χ3n) is 4.88. The highest BCUT2D eigenvalue weighted by Crippen LogP contribution is 2.41. The molecule has 0 aliphatic carbocycles. The largest absolute Gasteiger partial charge is 0.493 e. The smallest absolute Gasteiger partial charge is 0.203 e. The van der Waals surface area contributed by atoms with Crippen molar-refractivity contribution in [2.24, 2.45) is 0 Å². The molecule has 33 heavy (non-hydrogen) atoms. The van der Waals surface area contributed by atoms with Crippen molar-refractivity contribution in [3.05, 3.63) is 52.9 Å². The van der Waals surface area contributed by atoms with Crippen LogP contribution in [-0.4, -0.2) is 47.8 Å². The third kappa shape index (κ3) is 5.06. The van der Waals surface area contributed by atoms with E-state index in [0.29, 0.717) is 46.0 Å². The van der Waals surface area contributed by atoms with E-state index < -0.39 is 0 Å². The Morgan fingerprint density at radius 3 is 1.52 bits per heavy atom. The third-order valence-corrected chi connectivity index (χ3v) is 4.88. The van der Waals surface area contributed by atoms with Crippen molar-refractivity contribution in [2.45, 2.75) is 0 Å². The van der Waals surface area contributed by atoms with Crippen molar-refractivity contribution in [3.8, 4) is 34.5 Å². The average Bonchev–Trinajstić information content (AvgIpc) is 3.32. The summed E-state index contributed by atoms with van der Waals surface area (Å²) in [5.74, 6) is 3.92. The molecule has 2 aromatic carbocycles. The molecule has 0 fully saturated rings. The van der Waals surface area contributed by atoms with E-state index in [4.69, 9.17) is 32.9 Å². The van der Waals surface area contributed by atoms with Crippen LogP contribution in [0.4, 0.5) is 0 Å². The summed E-state index contributed by atoms with van der Waals surface area (Å²) >= 11 is 0. The van der Waals surface area contributed by atoms with Gasteiger partial charge in [-0.1, -0.05) is 5.16 Å². The van der Waals surface area contributed by atoms with Crippen LogP contribution in [0, 0.1) is 0 Å². The van der Waals surface area contributed by atoms with Gasteiger partial charge < -0.3 is 32.9 Å². The fourth-order valence-electron chi connectivity index (χ4n) is 3.32. The second-order valence-electron chi connectivity index (χ2n) is 6.67. The fourth-order valence-corrected chi connectivity index (χ4v) is 3.32. The highest BCUT2D eigenvalue weighted by atomic mass is 16.5. The Kier molecular flexibility index (Phi) is 7.86. The van der Waals surface area contributed by atoms with E-state index in [1.807, 2.05) is 48.6 Å². The van der Waals surface area contributed by atoms with Gasteiger partial charge in [-0.25, -0.2) is 0 Å². The lowest BCUT2D eigenvalue weighted by molar-refractivity contribution is 0.324. The summed E-state index contributed by atoms with van der Waals surface area (Å²) in [4.78, 5) is 0. The van der Waals surface area contributed by atoms with Gasteiger partial charge in [-0.05, 0) is 48.6 Å². The molecule has 0 aliphatic rings. The molecule has 3 rings (SSSR count). The number of methoxy groups -OCH3 is 6. The maximum absolute atomic E-state index is 5.51. The number of benzene rings is 2. The predicted molar refractivity (Wildman–Crippen MR) is 127 cm³/mol. The van der Waals surface area contributed by atoms with E-state index >= 15 is 0 Å². The first-order chi connectivity index (χ1) is 16.1. The van der Waals surface area contributed by atoms with Gasteiger partial charge in [0.05, 0.1) is 42.7 Å². The Labute approximate surface area is 192 Å². The number of hydrogen-bond acceptors (Lipinski definition) is 8. The van der Waals surface area contributed by atoms with E-state index in [2.05, 4.69) is 5.16 Å². The Morgan fingerprint density at radius 2 is 1.06 bits per heavy atom. The summed E-state index contributed by atoms with van der Waals surface area (Å²) in [6.45, 7) is 0. The van der Waals surface area contributed by atoms with Crippen LogP contribution in [0.1, 0.15) is 22.6 Å². The summed E-state index contributed by atoms with van der Waals surface area (Å²) in [6, 6.07) is 9.19. The van der Waals surface area contributed by atoms with Crippen LogP contribution in [0.25, 0.3) is 24.3 Å². The summed E-state index contributed by atoms with van der Waals surface area (Å²) in [5.41, 5.74) is 2.26. The Balaban J connectivity index is 1.83. The van der Waals surface area contributed by atoms with E-state index in [1.54, 1.807) is 48.7 Å². The van der Waals surface area contributed by atoms with Crippen LogP contribution in [0.5, 0.6) is 34.5 Å². The molecule has 0 saturated carbocycles. The lowest BCUT2D eigenvalue weighted by Gasteiger charge is -2.13. The van der Waals surface area contributed by atoms with Crippen molar-refractivity contribution in [3.63, 3.8) is 0 Å². The summed E-state index contributed by atoms with van der Waals surface area (Å²) < 4.78 is 37.9. The predicted octanol–water partition coefficient (Wildman–Crippen LogP) is 5.07. The average molecular weight is 453 g/mol. The molecule has 0 radical (unpaired) electrons. The van der Waals surface area contributed by atoms with Crippen molar-refractivity contribution < 1.29 is 32.9 Å². The van der Waals surface area contributed by atoms with Crippen LogP contribution in [0.3, 0.4) is 0 Å². The quantitative estimate of drug-likeness (QED) is 0.421. The Hall–Kier alpha value is -4.07. The van der Waals surface area contributed by atoms with Crippen molar-refractivity contribution in [1.29, 1.82) is 0 Å². The number of hydrogen-bond donors (Lipinski definition) is 0. The summed E-state index contributed by atoms with van der Waals surface area (Å²) in [5, 5.41) is 4.09. The molecule has 8 heteroatoms. The fraction of sp³-hybridized carbons (Fsp3) is 0.240. The van der Waals surface area contributed by atoms with Crippen LogP contribution < -0.4 is 28.4 Å². The molecule has 0 bridgehead atoms. The van der Waals surface area contributed by atoms with Gasteiger partial charge in [0.1, 0.15) is 5.69 Å². The van der Waals surface area contributed by atoms with Crippen molar-refractivity contribution in [1.82, 2.24) is 5.16 Å². The normalized spacial score (nSPS) is 11.1. The molecule has 0 atom stereocenters. The van der Waals surface area contributed by atoms with Gasteiger partial charge in [-0.2, -0.15) is 0 Å². The minimum Gasteiger partial charge on any atom is -0.493 e. The second kappa shape index (κ2) is 11.0. The number of ether oxygens (including phenoxy) is 6. The van der Waals surface area contributed by atoms with E-state index in [0.717, 1.165) is 11.1 Å². The van der Waals surface area contributed by atoms with Crippen LogP contribution in [0.2, 0.25) is 0 Å². The first-order valence-electron chi connectivity index (χ1n) is 10.0. The molecule has 0 saturated heterocycles. The van der Waals surface area contributed by atoms with Crippen molar-refractivity contribution in [2.75, 3.05) is 42.7 Å². The molecule has 0 N–H and O–H groups in total. The van der Waals surface area contributed by atoms with Gasteiger partial charge in [0.15, 0.2) is 28.8 Å². The molecule has 1 aromatic heterocycles. The monoisotopic (exact) mass is 453 g/mol. The number of nitrogens with zero attached hydrogens (tertiary/aromatic N) is 1. The lowest BCUT2D eigenvalue weighted by atomic mass is 10.1. The molecular weight excluding hydrogens is 426 g/mol. The minimum atomic E-state index is 0.521. The number of aromatic nitrogens is 1. The van der Waals surface area contributed by atoms with Crippen molar-refractivity contribution >= 4 is 24.3 Å². The maximum Gasteiger partial charge on any atom is 0.203 e. The van der Waals surface area contributed by atoms with Gasteiger partial charge in [0.2, 0.25) is 11.5 Å². The van der Waals surface area contributed by atoms with Gasteiger partial charge in [-0.3, -0.25) is 0 Å². The topological polar surface area (TPSA) is 81.4 Å². The van der Waals surface area contributed by atoms with E-state index in [9.17, 15) is 0 Å².